The van der Waals surface area contributed by atoms with Gasteiger partial charge in [0, 0.05) is 24.3 Å². The molecule has 1 N–H and O–H groups in total. The molecular formula is C24H27FN4O2. The fourth-order valence-electron chi connectivity index (χ4n) is 3.76. The van der Waals surface area contributed by atoms with E-state index in [1.54, 1.807) is 22.9 Å². The minimum atomic E-state index is -0.348. The predicted molar refractivity (Wildman–Crippen MR) is 117 cm³/mol. The smallest absolute Gasteiger partial charge is 0.272 e. The first kappa shape index (κ1) is 21.1. The molecule has 0 radical (unpaired) electrons. The van der Waals surface area contributed by atoms with E-state index in [9.17, 15) is 9.18 Å². The standard InChI is InChI=1S/C24H27FN4O2/c1-28(2)14-15-31-18-12-10-17(11-13-18)16-26-24(30)23-19-6-5-9-21(19)29(27-23)22-8-4-3-7-20(22)25/h3-4,7-8,10-13H,5-6,9,14-16H2,1-2H3,(H,26,30). The third-order valence-corrected chi connectivity index (χ3v) is 5.41. The Morgan fingerprint density at radius 3 is 2.68 bits per heavy atom. The first-order valence-electron chi connectivity index (χ1n) is 10.5. The topological polar surface area (TPSA) is 59.4 Å². The van der Waals surface area contributed by atoms with E-state index >= 15 is 0 Å². The van der Waals surface area contributed by atoms with Crippen molar-refractivity contribution in [2.24, 2.45) is 0 Å². The van der Waals surface area contributed by atoms with E-state index in [2.05, 4.69) is 15.3 Å². The van der Waals surface area contributed by atoms with Gasteiger partial charge >= 0.3 is 0 Å². The summed E-state index contributed by atoms with van der Waals surface area (Å²) in [7, 11) is 4.01. The molecule has 1 heterocycles. The third-order valence-electron chi connectivity index (χ3n) is 5.41. The van der Waals surface area contributed by atoms with Crippen molar-refractivity contribution in [3.8, 4) is 11.4 Å². The average Bonchev–Trinajstić information content (AvgIpc) is 3.36. The van der Waals surface area contributed by atoms with Crippen molar-refractivity contribution in [2.45, 2.75) is 25.8 Å². The van der Waals surface area contributed by atoms with E-state index in [0.717, 1.165) is 48.4 Å². The second-order valence-electron chi connectivity index (χ2n) is 7.97. The van der Waals surface area contributed by atoms with Crippen molar-refractivity contribution in [3.05, 3.63) is 76.9 Å². The molecule has 0 saturated heterocycles. The number of hydrogen-bond acceptors (Lipinski definition) is 4. The van der Waals surface area contributed by atoms with Gasteiger partial charge in [0.15, 0.2) is 5.69 Å². The summed E-state index contributed by atoms with van der Waals surface area (Å²) in [5.74, 6) is 0.220. The molecular weight excluding hydrogens is 395 g/mol. The fraction of sp³-hybridized carbons (Fsp3) is 0.333. The number of benzene rings is 2. The highest BCUT2D eigenvalue weighted by Crippen LogP contribution is 2.28. The number of para-hydroxylation sites is 1. The van der Waals surface area contributed by atoms with Crippen LogP contribution in [0.25, 0.3) is 5.69 Å². The molecule has 6 nitrogen and oxygen atoms in total. The molecule has 3 aromatic rings. The Bertz CT molecular complexity index is 1060. The Kier molecular flexibility index (Phi) is 6.32. The zero-order valence-corrected chi connectivity index (χ0v) is 17.9. The summed E-state index contributed by atoms with van der Waals surface area (Å²) < 4.78 is 21.6. The van der Waals surface area contributed by atoms with E-state index in [1.165, 1.54) is 6.07 Å². The maximum atomic E-state index is 14.3. The molecule has 31 heavy (non-hydrogen) atoms. The van der Waals surface area contributed by atoms with Crippen molar-refractivity contribution in [3.63, 3.8) is 0 Å². The quantitative estimate of drug-likeness (QED) is 0.605. The van der Waals surface area contributed by atoms with Gasteiger partial charge in [-0.2, -0.15) is 5.10 Å². The summed E-state index contributed by atoms with van der Waals surface area (Å²) in [6.07, 6.45) is 2.52. The summed E-state index contributed by atoms with van der Waals surface area (Å²) in [6.45, 7) is 1.86. The van der Waals surface area contributed by atoms with Crippen LogP contribution in [-0.2, 0) is 19.4 Å². The second-order valence-corrected chi connectivity index (χ2v) is 7.97. The van der Waals surface area contributed by atoms with Crippen LogP contribution in [0.4, 0.5) is 4.39 Å². The fourth-order valence-corrected chi connectivity index (χ4v) is 3.76. The van der Waals surface area contributed by atoms with E-state index in [1.807, 2.05) is 38.4 Å². The zero-order chi connectivity index (χ0) is 21.8. The molecule has 2 aromatic carbocycles. The van der Waals surface area contributed by atoms with Gasteiger partial charge in [0.25, 0.3) is 5.91 Å². The number of nitrogens with one attached hydrogen (secondary N) is 1. The summed E-state index contributed by atoms with van der Waals surface area (Å²) in [4.78, 5) is 14.9. The van der Waals surface area contributed by atoms with Gasteiger partial charge < -0.3 is 15.0 Å². The normalized spacial score (nSPS) is 12.8. The number of carbonyl (C=O) groups excluding carboxylic acids is 1. The van der Waals surface area contributed by atoms with E-state index in [-0.39, 0.29) is 11.7 Å². The highest BCUT2D eigenvalue weighted by molar-refractivity contribution is 5.94. The first-order chi connectivity index (χ1) is 15.0. The van der Waals surface area contributed by atoms with Crippen LogP contribution >= 0.6 is 0 Å². The van der Waals surface area contributed by atoms with Crippen LogP contribution in [0.2, 0.25) is 0 Å². The zero-order valence-electron chi connectivity index (χ0n) is 17.9. The lowest BCUT2D eigenvalue weighted by atomic mass is 10.1. The van der Waals surface area contributed by atoms with Crippen LogP contribution in [0.3, 0.4) is 0 Å². The van der Waals surface area contributed by atoms with Gasteiger partial charge in [-0.25, -0.2) is 9.07 Å². The molecule has 1 aliphatic carbocycles. The number of hydrogen-bond donors (Lipinski definition) is 1. The first-order valence-corrected chi connectivity index (χ1v) is 10.5. The number of halogens is 1. The van der Waals surface area contributed by atoms with Gasteiger partial charge in [-0.3, -0.25) is 4.79 Å². The van der Waals surface area contributed by atoms with E-state index in [4.69, 9.17) is 4.74 Å². The molecule has 7 heteroatoms. The molecule has 0 spiro atoms. The van der Waals surface area contributed by atoms with Crippen LogP contribution in [0, 0.1) is 5.82 Å². The van der Waals surface area contributed by atoms with E-state index in [0.29, 0.717) is 24.5 Å². The van der Waals surface area contributed by atoms with Crippen LogP contribution < -0.4 is 10.1 Å². The number of rotatable bonds is 8. The molecule has 162 valence electrons. The Hall–Kier alpha value is -3.19. The Morgan fingerprint density at radius 2 is 1.94 bits per heavy atom. The van der Waals surface area contributed by atoms with Crippen molar-refractivity contribution >= 4 is 5.91 Å². The summed E-state index contributed by atoms with van der Waals surface area (Å²) in [6, 6.07) is 14.2. The van der Waals surface area contributed by atoms with Crippen LogP contribution in [0.15, 0.2) is 48.5 Å². The van der Waals surface area contributed by atoms with Crippen molar-refractivity contribution in [2.75, 3.05) is 27.2 Å². The molecule has 0 aliphatic heterocycles. The highest BCUT2D eigenvalue weighted by Gasteiger charge is 2.27. The van der Waals surface area contributed by atoms with Gasteiger partial charge in [0.1, 0.15) is 23.9 Å². The van der Waals surface area contributed by atoms with Gasteiger partial charge in [0.05, 0.1) is 0 Å². The van der Waals surface area contributed by atoms with Crippen LogP contribution in [0.5, 0.6) is 5.75 Å². The Balaban J connectivity index is 1.43. The maximum absolute atomic E-state index is 14.3. The lowest BCUT2D eigenvalue weighted by Gasteiger charge is -2.11. The molecule has 0 unspecified atom stereocenters. The summed E-state index contributed by atoms with van der Waals surface area (Å²) >= 11 is 0. The molecule has 0 atom stereocenters. The monoisotopic (exact) mass is 422 g/mol. The number of amides is 1. The lowest BCUT2D eigenvalue weighted by molar-refractivity contribution is 0.0944. The van der Waals surface area contributed by atoms with Crippen LogP contribution in [0.1, 0.15) is 33.7 Å². The summed E-state index contributed by atoms with van der Waals surface area (Å²) in [5, 5.41) is 7.42. The number of carbonyl (C=O) groups is 1. The molecule has 1 aliphatic rings. The number of likely N-dealkylation sites (N-methyl/N-ethyl adjacent to an activating group) is 1. The van der Waals surface area contributed by atoms with Crippen LogP contribution in [-0.4, -0.2) is 47.8 Å². The van der Waals surface area contributed by atoms with Crippen molar-refractivity contribution < 1.29 is 13.9 Å². The molecule has 1 aromatic heterocycles. The maximum Gasteiger partial charge on any atom is 0.272 e. The largest absolute Gasteiger partial charge is 0.492 e. The Labute approximate surface area is 181 Å². The molecule has 0 fully saturated rings. The number of aromatic nitrogens is 2. The van der Waals surface area contributed by atoms with Gasteiger partial charge in [-0.15, -0.1) is 0 Å². The molecule has 4 rings (SSSR count). The van der Waals surface area contributed by atoms with Crippen molar-refractivity contribution in [1.82, 2.24) is 20.0 Å². The molecule has 0 bridgehead atoms. The van der Waals surface area contributed by atoms with Gasteiger partial charge in [-0.05, 0) is 63.2 Å². The SMILES string of the molecule is CN(C)CCOc1ccc(CNC(=O)c2nn(-c3ccccc3F)c3c2CCC3)cc1. The minimum absolute atomic E-state index is 0.237. The number of nitrogens with zero attached hydrogens (tertiary/aromatic N) is 3. The average molecular weight is 423 g/mol. The summed E-state index contributed by atoms with van der Waals surface area (Å²) in [5.41, 5.74) is 3.59. The van der Waals surface area contributed by atoms with Crippen molar-refractivity contribution in [1.29, 1.82) is 0 Å². The number of fused-ring (bicyclic) bond motifs is 1. The third kappa shape index (κ3) is 4.77. The predicted octanol–water partition coefficient (Wildman–Crippen LogP) is 3.37. The molecule has 1 amide bonds. The van der Waals surface area contributed by atoms with Gasteiger partial charge in [0.2, 0.25) is 0 Å². The second kappa shape index (κ2) is 9.31. The van der Waals surface area contributed by atoms with E-state index < -0.39 is 0 Å². The molecule has 0 saturated carbocycles. The number of ether oxygens (including phenoxy) is 1. The lowest BCUT2D eigenvalue weighted by Crippen LogP contribution is -2.24. The minimum Gasteiger partial charge on any atom is -0.492 e. The van der Waals surface area contributed by atoms with Gasteiger partial charge in [-0.1, -0.05) is 24.3 Å². The Morgan fingerprint density at radius 1 is 1.16 bits per heavy atom. The highest BCUT2D eigenvalue weighted by atomic mass is 19.1.